The normalized spacial score (nSPS) is 17.2. The van der Waals surface area contributed by atoms with Crippen molar-refractivity contribution in [1.29, 1.82) is 0 Å². The van der Waals surface area contributed by atoms with Gasteiger partial charge >= 0.3 is 0 Å². The molecule has 1 amide bonds. The van der Waals surface area contributed by atoms with Gasteiger partial charge in [-0.25, -0.2) is 0 Å². The number of para-hydroxylation sites is 1. The number of nitrogens with zero attached hydrogens (tertiary/aromatic N) is 1. The number of aromatic nitrogens is 1. The van der Waals surface area contributed by atoms with Crippen molar-refractivity contribution in [3.05, 3.63) is 36.0 Å². The zero-order valence-corrected chi connectivity index (χ0v) is 11.0. The molecule has 1 fully saturated rings. The van der Waals surface area contributed by atoms with Gasteiger partial charge in [0, 0.05) is 24.5 Å². The van der Waals surface area contributed by atoms with Crippen LogP contribution in [0.2, 0.25) is 0 Å². The number of aliphatic hydroxyl groups is 1. The van der Waals surface area contributed by atoms with Gasteiger partial charge in [0.1, 0.15) is 5.69 Å². The van der Waals surface area contributed by atoms with Crippen LogP contribution in [-0.4, -0.2) is 27.7 Å². The fourth-order valence-electron chi connectivity index (χ4n) is 2.60. The van der Waals surface area contributed by atoms with E-state index in [1.807, 2.05) is 41.9 Å². The van der Waals surface area contributed by atoms with Crippen LogP contribution in [0, 0.1) is 0 Å². The second-order valence-corrected chi connectivity index (χ2v) is 5.41. The monoisotopic (exact) mass is 258 g/mol. The van der Waals surface area contributed by atoms with E-state index in [0.29, 0.717) is 12.2 Å². The fourth-order valence-corrected chi connectivity index (χ4v) is 2.60. The van der Waals surface area contributed by atoms with Crippen molar-refractivity contribution >= 4 is 16.8 Å². The molecule has 0 unspecified atom stereocenters. The number of aryl methyl sites for hydroxylation is 1. The summed E-state index contributed by atoms with van der Waals surface area (Å²) in [4.78, 5) is 12.2. The van der Waals surface area contributed by atoms with Gasteiger partial charge in [0.25, 0.3) is 5.91 Å². The number of fused-ring (bicyclic) bond motifs is 1. The summed E-state index contributed by atoms with van der Waals surface area (Å²) in [6.07, 6.45) is 2.60. The van der Waals surface area contributed by atoms with Gasteiger partial charge in [-0.05, 0) is 31.4 Å². The van der Waals surface area contributed by atoms with Crippen molar-refractivity contribution in [2.75, 3.05) is 6.54 Å². The largest absolute Gasteiger partial charge is 0.388 e. The lowest BCUT2D eigenvalue weighted by atomic mass is 9.80. The van der Waals surface area contributed by atoms with Crippen LogP contribution in [-0.2, 0) is 7.05 Å². The van der Waals surface area contributed by atoms with Crippen LogP contribution in [0.25, 0.3) is 10.9 Å². The molecular formula is C15H18N2O2. The van der Waals surface area contributed by atoms with E-state index in [2.05, 4.69) is 5.32 Å². The number of rotatable bonds is 3. The molecule has 0 spiro atoms. The predicted molar refractivity (Wildman–Crippen MR) is 74.1 cm³/mol. The highest BCUT2D eigenvalue weighted by Crippen LogP contribution is 2.30. The van der Waals surface area contributed by atoms with Gasteiger partial charge in [0.05, 0.1) is 5.60 Å². The van der Waals surface area contributed by atoms with Crippen LogP contribution in [0.5, 0.6) is 0 Å². The van der Waals surface area contributed by atoms with Gasteiger partial charge in [-0.3, -0.25) is 4.79 Å². The van der Waals surface area contributed by atoms with E-state index in [4.69, 9.17) is 0 Å². The van der Waals surface area contributed by atoms with Gasteiger partial charge < -0.3 is 15.0 Å². The summed E-state index contributed by atoms with van der Waals surface area (Å²) in [7, 11) is 1.88. The lowest BCUT2D eigenvalue weighted by molar-refractivity contribution is -0.0301. The maximum atomic E-state index is 12.2. The van der Waals surface area contributed by atoms with Crippen LogP contribution in [0.3, 0.4) is 0 Å². The van der Waals surface area contributed by atoms with E-state index < -0.39 is 5.60 Å². The van der Waals surface area contributed by atoms with Crippen molar-refractivity contribution in [2.24, 2.45) is 7.05 Å². The minimum Gasteiger partial charge on any atom is -0.388 e. The van der Waals surface area contributed by atoms with Gasteiger partial charge in [-0.2, -0.15) is 0 Å². The van der Waals surface area contributed by atoms with Crippen molar-refractivity contribution in [2.45, 2.75) is 24.9 Å². The average Bonchev–Trinajstić information content (AvgIpc) is 2.72. The molecule has 0 radical (unpaired) electrons. The Balaban J connectivity index is 1.79. The smallest absolute Gasteiger partial charge is 0.268 e. The zero-order valence-electron chi connectivity index (χ0n) is 11.0. The Morgan fingerprint density at radius 2 is 2.16 bits per heavy atom. The molecule has 19 heavy (non-hydrogen) atoms. The zero-order chi connectivity index (χ0) is 13.5. The van der Waals surface area contributed by atoms with Crippen LogP contribution < -0.4 is 5.32 Å². The van der Waals surface area contributed by atoms with E-state index in [1.54, 1.807) is 0 Å². The van der Waals surface area contributed by atoms with E-state index in [0.717, 1.165) is 30.2 Å². The van der Waals surface area contributed by atoms with Crippen molar-refractivity contribution in [3.8, 4) is 0 Å². The molecule has 0 saturated heterocycles. The molecule has 3 rings (SSSR count). The van der Waals surface area contributed by atoms with Crippen LogP contribution >= 0.6 is 0 Å². The summed E-state index contributed by atoms with van der Waals surface area (Å²) < 4.78 is 1.88. The molecule has 1 aromatic carbocycles. The van der Waals surface area contributed by atoms with Crippen LogP contribution in [0.4, 0.5) is 0 Å². The first-order valence-corrected chi connectivity index (χ1v) is 6.64. The Bertz CT molecular complexity index is 626. The van der Waals surface area contributed by atoms with Crippen LogP contribution in [0.15, 0.2) is 30.3 Å². The second-order valence-electron chi connectivity index (χ2n) is 5.41. The molecule has 0 bridgehead atoms. The van der Waals surface area contributed by atoms with Gasteiger partial charge in [-0.1, -0.05) is 18.2 Å². The van der Waals surface area contributed by atoms with Crippen LogP contribution in [0.1, 0.15) is 29.8 Å². The molecule has 1 aliphatic carbocycles. The third kappa shape index (κ3) is 2.12. The van der Waals surface area contributed by atoms with Gasteiger partial charge in [0.2, 0.25) is 0 Å². The Labute approximate surface area is 112 Å². The number of amides is 1. The molecule has 100 valence electrons. The molecular weight excluding hydrogens is 240 g/mol. The predicted octanol–water partition coefficient (Wildman–Crippen LogP) is 1.82. The van der Waals surface area contributed by atoms with Crippen molar-refractivity contribution < 1.29 is 9.90 Å². The maximum absolute atomic E-state index is 12.2. The van der Waals surface area contributed by atoms with Crippen molar-refractivity contribution in [3.63, 3.8) is 0 Å². The third-order valence-electron chi connectivity index (χ3n) is 4.05. The summed E-state index contributed by atoms with van der Waals surface area (Å²) in [5, 5.41) is 13.9. The van der Waals surface area contributed by atoms with Gasteiger partial charge in [-0.15, -0.1) is 0 Å². The number of hydrogen-bond acceptors (Lipinski definition) is 2. The Hall–Kier alpha value is -1.81. The molecule has 1 heterocycles. The number of nitrogens with one attached hydrogen (secondary N) is 1. The molecule has 1 aliphatic rings. The molecule has 2 N–H and O–H groups in total. The summed E-state index contributed by atoms with van der Waals surface area (Å²) in [6, 6.07) is 9.79. The molecule has 0 atom stereocenters. The van der Waals surface area contributed by atoms with E-state index >= 15 is 0 Å². The highest BCUT2D eigenvalue weighted by Gasteiger charge is 2.34. The number of carbonyl (C=O) groups is 1. The SMILES string of the molecule is Cn1c(C(=O)NCC2(O)CCC2)cc2ccccc21. The maximum Gasteiger partial charge on any atom is 0.268 e. The lowest BCUT2D eigenvalue weighted by Gasteiger charge is -2.36. The number of hydrogen-bond donors (Lipinski definition) is 2. The van der Waals surface area contributed by atoms with E-state index in [9.17, 15) is 9.90 Å². The molecule has 2 aromatic rings. The molecule has 1 saturated carbocycles. The molecule has 4 heteroatoms. The van der Waals surface area contributed by atoms with E-state index in [1.165, 1.54) is 0 Å². The topological polar surface area (TPSA) is 54.3 Å². The minimum absolute atomic E-state index is 0.126. The Kier molecular flexibility index (Phi) is 2.82. The van der Waals surface area contributed by atoms with Crippen molar-refractivity contribution in [1.82, 2.24) is 9.88 Å². The Morgan fingerprint density at radius 3 is 2.79 bits per heavy atom. The van der Waals surface area contributed by atoms with E-state index in [-0.39, 0.29) is 5.91 Å². The molecule has 0 aliphatic heterocycles. The summed E-state index contributed by atoms with van der Waals surface area (Å²) in [5.74, 6) is -0.126. The average molecular weight is 258 g/mol. The fraction of sp³-hybridized carbons (Fsp3) is 0.400. The number of carbonyl (C=O) groups excluding carboxylic acids is 1. The highest BCUT2D eigenvalue weighted by molar-refractivity contribution is 5.98. The summed E-state index contributed by atoms with van der Waals surface area (Å²) in [6.45, 7) is 0.341. The molecule has 4 nitrogen and oxygen atoms in total. The molecule has 1 aromatic heterocycles. The third-order valence-corrected chi connectivity index (χ3v) is 4.05. The lowest BCUT2D eigenvalue weighted by Crippen LogP contribution is -2.48. The quantitative estimate of drug-likeness (QED) is 0.882. The Morgan fingerprint density at radius 1 is 1.42 bits per heavy atom. The summed E-state index contributed by atoms with van der Waals surface area (Å²) >= 11 is 0. The first-order valence-electron chi connectivity index (χ1n) is 6.64. The van der Waals surface area contributed by atoms with Gasteiger partial charge in [0.15, 0.2) is 0 Å². The minimum atomic E-state index is -0.680. The summed E-state index contributed by atoms with van der Waals surface area (Å²) in [5.41, 5.74) is 0.986. The second kappa shape index (κ2) is 4.38. The number of benzene rings is 1. The first kappa shape index (κ1) is 12.2. The first-order chi connectivity index (χ1) is 9.09. The standard InChI is InChI=1S/C15H18N2O2/c1-17-12-6-3-2-5-11(12)9-13(17)14(18)16-10-15(19)7-4-8-15/h2-3,5-6,9,19H,4,7-8,10H2,1H3,(H,16,18). The highest BCUT2D eigenvalue weighted by atomic mass is 16.3.